The molecule has 0 N–H and O–H groups in total. The number of pyridine rings is 1. The lowest BCUT2D eigenvalue weighted by atomic mass is 10.3. The van der Waals surface area contributed by atoms with Gasteiger partial charge in [-0.3, -0.25) is 0 Å². The molecule has 16 heavy (non-hydrogen) atoms. The summed E-state index contributed by atoms with van der Waals surface area (Å²) in [4.78, 5) is 11.7. The molecular formula is C13H12NO2+. The maximum Gasteiger partial charge on any atom is 0.349 e. The molecule has 1 aromatic heterocycles. The van der Waals surface area contributed by atoms with Crippen molar-refractivity contribution >= 4 is 5.97 Å². The minimum atomic E-state index is -0.345. The van der Waals surface area contributed by atoms with Crippen molar-refractivity contribution in [2.75, 3.05) is 0 Å². The number of rotatable bonds is 2. The molecule has 3 nitrogen and oxygen atoms in total. The van der Waals surface area contributed by atoms with Crippen molar-refractivity contribution in [3.63, 3.8) is 0 Å². The van der Waals surface area contributed by atoms with Crippen LogP contribution in [0.25, 0.3) is 0 Å². The summed E-state index contributed by atoms with van der Waals surface area (Å²) >= 11 is 0. The molecule has 0 atom stereocenters. The lowest BCUT2D eigenvalue weighted by Gasteiger charge is -2.02. The summed E-state index contributed by atoms with van der Waals surface area (Å²) in [6.45, 7) is 0. The number of benzene rings is 1. The molecule has 0 radical (unpaired) electrons. The van der Waals surface area contributed by atoms with E-state index in [9.17, 15) is 4.79 Å². The van der Waals surface area contributed by atoms with Gasteiger partial charge in [0.25, 0.3) is 0 Å². The number of nitrogens with zero attached hydrogens (tertiary/aromatic N) is 1. The van der Waals surface area contributed by atoms with Gasteiger partial charge in [-0.05, 0) is 18.2 Å². The Balaban J connectivity index is 2.15. The highest BCUT2D eigenvalue weighted by molar-refractivity contribution is 5.90. The van der Waals surface area contributed by atoms with Crippen molar-refractivity contribution in [1.82, 2.24) is 0 Å². The number of carbonyl (C=O) groups is 1. The largest absolute Gasteiger partial charge is 0.423 e. The number of esters is 1. The third kappa shape index (κ3) is 2.45. The van der Waals surface area contributed by atoms with Gasteiger partial charge >= 0.3 is 5.97 Å². The molecule has 0 amide bonds. The number of hydrogen-bond donors (Lipinski definition) is 0. The molecule has 0 aliphatic rings. The molecule has 1 heterocycles. The first-order valence-electron chi connectivity index (χ1n) is 4.98. The van der Waals surface area contributed by atoms with Gasteiger partial charge in [0.2, 0.25) is 0 Å². The SMILES string of the molecule is C[n+]1cccc(C(=O)Oc2ccccc2)c1. The van der Waals surface area contributed by atoms with E-state index in [4.69, 9.17) is 4.74 Å². The first-order valence-corrected chi connectivity index (χ1v) is 4.98. The second-order valence-electron chi connectivity index (χ2n) is 3.46. The second kappa shape index (κ2) is 4.57. The van der Waals surface area contributed by atoms with Gasteiger partial charge in [-0.15, -0.1) is 0 Å². The van der Waals surface area contributed by atoms with Crippen LogP contribution < -0.4 is 9.30 Å². The van der Waals surface area contributed by atoms with E-state index in [-0.39, 0.29) is 5.97 Å². The monoisotopic (exact) mass is 214 g/mol. The van der Waals surface area contributed by atoms with Crippen LogP contribution in [0.5, 0.6) is 5.75 Å². The van der Waals surface area contributed by atoms with E-state index in [2.05, 4.69) is 0 Å². The Kier molecular flexibility index (Phi) is 2.96. The van der Waals surface area contributed by atoms with Crippen molar-refractivity contribution < 1.29 is 14.1 Å². The van der Waals surface area contributed by atoms with Crippen molar-refractivity contribution in [3.8, 4) is 5.75 Å². The summed E-state index contributed by atoms with van der Waals surface area (Å²) in [6, 6.07) is 12.6. The van der Waals surface area contributed by atoms with Crippen molar-refractivity contribution in [2.24, 2.45) is 7.05 Å². The summed E-state index contributed by atoms with van der Waals surface area (Å²) < 4.78 is 7.01. The van der Waals surface area contributed by atoms with E-state index in [1.165, 1.54) is 0 Å². The summed E-state index contributed by atoms with van der Waals surface area (Å²) in [6.07, 6.45) is 3.59. The Labute approximate surface area is 93.9 Å². The topological polar surface area (TPSA) is 30.2 Å². The molecule has 0 unspecified atom stereocenters. The van der Waals surface area contributed by atoms with Crippen molar-refractivity contribution in [1.29, 1.82) is 0 Å². The number of para-hydroxylation sites is 1. The van der Waals surface area contributed by atoms with Crippen LogP contribution in [0.3, 0.4) is 0 Å². The number of aromatic nitrogens is 1. The average molecular weight is 214 g/mol. The third-order valence-corrected chi connectivity index (χ3v) is 2.13. The van der Waals surface area contributed by atoms with E-state index in [0.29, 0.717) is 11.3 Å². The van der Waals surface area contributed by atoms with Crippen LogP contribution >= 0.6 is 0 Å². The van der Waals surface area contributed by atoms with E-state index >= 15 is 0 Å². The van der Waals surface area contributed by atoms with Crippen LogP contribution in [-0.4, -0.2) is 5.97 Å². The molecular weight excluding hydrogens is 202 g/mol. The predicted molar refractivity (Wildman–Crippen MR) is 59.0 cm³/mol. The zero-order chi connectivity index (χ0) is 11.4. The van der Waals surface area contributed by atoms with Crippen LogP contribution in [0.15, 0.2) is 54.9 Å². The van der Waals surface area contributed by atoms with Gasteiger partial charge in [0.15, 0.2) is 12.4 Å². The lowest BCUT2D eigenvalue weighted by Crippen LogP contribution is -2.28. The highest BCUT2D eigenvalue weighted by Crippen LogP contribution is 2.10. The predicted octanol–water partition coefficient (Wildman–Crippen LogP) is 1.73. The van der Waals surface area contributed by atoms with Gasteiger partial charge in [-0.1, -0.05) is 18.2 Å². The maximum atomic E-state index is 11.7. The first-order chi connectivity index (χ1) is 7.75. The highest BCUT2D eigenvalue weighted by atomic mass is 16.5. The van der Waals surface area contributed by atoms with Crippen LogP contribution in [0.4, 0.5) is 0 Å². The normalized spacial score (nSPS) is 9.81. The molecule has 0 saturated heterocycles. The summed E-state index contributed by atoms with van der Waals surface area (Å²) in [5.41, 5.74) is 0.536. The maximum absolute atomic E-state index is 11.7. The molecule has 80 valence electrons. The quantitative estimate of drug-likeness (QED) is 0.433. The van der Waals surface area contributed by atoms with E-state index < -0.39 is 0 Å². The second-order valence-corrected chi connectivity index (χ2v) is 3.46. The number of carbonyl (C=O) groups excluding carboxylic acids is 1. The number of ether oxygens (including phenoxy) is 1. The van der Waals surface area contributed by atoms with E-state index in [0.717, 1.165) is 0 Å². The van der Waals surface area contributed by atoms with Crippen LogP contribution in [0, 0.1) is 0 Å². The van der Waals surface area contributed by atoms with E-state index in [1.807, 2.05) is 42.1 Å². The molecule has 0 aliphatic carbocycles. The molecule has 0 spiro atoms. The third-order valence-electron chi connectivity index (χ3n) is 2.13. The van der Waals surface area contributed by atoms with Gasteiger partial charge in [0.1, 0.15) is 18.4 Å². The highest BCUT2D eigenvalue weighted by Gasteiger charge is 2.11. The van der Waals surface area contributed by atoms with Gasteiger partial charge in [-0.2, -0.15) is 0 Å². The minimum Gasteiger partial charge on any atom is -0.423 e. The number of hydrogen-bond acceptors (Lipinski definition) is 2. The zero-order valence-corrected chi connectivity index (χ0v) is 8.96. The van der Waals surface area contributed by atoms with E-state index in [1.54, 1.807) is 24.4 Å². The Morgan fingerprint density at radius 1 is 1.12 bits per heavy atom. The summed E-state index contributed by atoms with van der Waals surface area (Å²) in [5.74, 6) is 0.210. The molecule has 0 aliphatic heterocycles. The Bertz CT molecular complexity index is 494. The fourth-order valence-corrected chi connectivity index (χ4v) is 1.36. The Hall–Kier alpha value is -2.16. The summed E-state index contributed by atoms with van der Waals surface area (Å²) in [7, 11) is 1.86. The summed E-state index contributed by atoms with van der Waals surface area (Å²) in [5, 5.41) is 0. The lowest BCUT2D eigenvalue weighted by molar-refractivity contribution is -0.671. The molecule has 3 heteroatoms. The fourth-order valence-electron chi connectivity index (χ4n) is 1.36. The molecule has 2 rings (SSSR count). The fraction of sp³-hybridized carbons (Fsp3) is 0.0769. The van der Waals surface area contributed by atoms with Crippen LogP contribution in [0.1, 0.15) is 10.4 Å². The van der Waals surface area contributed by atoms with Crippen molar-refractivity contribution in [2.45, 2.75) is 0 Å². The van der Waals surface area contributed by atoms with Gasteiger partial charge in [0.05, 0.1) is 0 Å². The minimum absolute atomic E-state index is 0.345. The molecule has 0 saturated carbocycles. The Morgan fingerprint density at radius 3 is 2.56 bits per heavy atom. The van der Waals surface area contributed by atoms with Crippen LogP contribution in [0.2, 0.25) is 0 Å². The Morgan fingerprint density at radius 2 is 1.88 bits per heavy atom. The van der Waals surface area contributed by atoms with Gasteiger partial charge < -0.3 is 4.74 Å². The van der Waals surface area contributed by atoms with Gasteiger partial charge in [-0.25, -0.2) is 9.36 Å². The zero-order valence-electron chi connectivity index (χ0n) is 8.96. The van der Waals surface area contributed by atoms with Gasteiger partial charge in [0, 0.05) is 6.07 Å². The number of aryl methyl sites for hydroxylation is 1. The first kappa shape index (κ1) is 10.4. The molecule has 1 aromatic carbocycles. The van der Waals surface area contributed by atoms with Crippen molar-refractivity contribution in [3.05, 3.63) is 60.4 Å². The smallest absolute Gasteiger partial charge is 0.349 e. The van der Waals surface area contributed by atoms with Crippen LogP contribution in [-0.2, 0) is 7.05 Å². The molecule has 0 fully saturated rings. The molecule has 2 aromatic rings. The molecule has 0 bridgehead atoms. The standard InChI is InChI=1S/C13H12NO2/c1-14-9-5-6-11(10-14)13(15)16-12-7-3-2-4-8-12/h2-10H,1H3/q+1. The average Bonchev–Trinajstić information content (AvgIpc) is 2.30.